The Balaban J connectivity index is 1.89. The van der Waals surface area contributed by atoms with Gasteiger partial charge in [0.2, 0.25) is 0 Å². The third-order valence-corrected chi connectivity index (χ3v) is 5.02. The zero-order valence-corrected chi connectivity index (χ0v) is 19.4. The van der Waals surface area contributed by atoms with Crippen molar-refractivity contribution in [3.05, 3.63) is 59.7 Å². The molecule has 0 aliphatic heterocycles. The summed E-state index contributed by atoms with van der Waals surface area (Å²) in [6.45, 7) is 4.28. The molecule has 0 radical (unpaired) electrons. The summed E-state index contributed by atoms with van der Waals surface area (Å²) in [6, 6.07) is 17.3. The van der Waals surface area contributed by atoms with Crippen LogP contribution in [0.3, 0.4) is 0 Å². The molecule has 0 saturated carbocycles. The lowest BCUT2D eigenvalue weighted by molar-refractivity contribution is 0.0347. The molecule has 2 N–H and O–H groups in total. The van der Waals surface area contributed by atoms with Gasteiger partial charge in [0.1, 0.15) is 0 Å². The monoisotopic (exact) mass is 446 g/mol. The predicted octanol–water partition coefficient (Wildman–Crippen LogP) is 2.18. The van der Waals surface area contributed by atoms with Crippen LogP contribution in [0.4, 0.5) is 11.4 Å². The molecule has 0 spiro atoms. The van der Waals surface area contributed by atoms with E-state index in [4.69, 9.17) is 24.4 Å². The van der Waals surface area contributed by atoms with E-state index >= 15 is 0 Å². The first-order valence-corrected chi connectivity index (χ1v) is 11.2. The minimum Gasteiger partial charge on any atom is -0.394 e. The number of hydrogen-bond donors (Lipinski definition) is 2. The highest BCUT2D eigenvalue weighted by atomic mass is 16.5. The van der Waals surface area contributed by atoms with Crippen LogP contribution < -0.4 is 9.80 Å². The molecule has 0 saturated heterocycles. The molecule has 0 fully saturated rings. The number of aliphatic hydroxyl groups excluding tert-OH is 2. The highest BCUT2D eigenvalue weighted by molar-refractivity contribution is 5.49. The van der Waals surface area contributed by atoms with Gasteiger partial charge in [0.25, 0.3) is 0 Å². The van der Waals surface area contributed by atoms with Crippen LogP contribution in [0.2, 0.25) is 0 Å². The SMILES string of the molecule is CN(C)c1ccc(Cc2ccc(N(CCOCCO)CCOCCOCCO)cc2)cc1. The molecule has 2 rings (SSSR count). The van der Waals surface area contributed by atoms with Gasteiger partial charge in [-0.3, -0.25) is 0 Å². The minimum atomic E-state index is 0.0268. The second kappa shape index (κ2) is 15.6. The average molecular weight is 447 g/mol. The largest absolute Gasteiger partial charge is 0.394 e. The smallest absolute Gasteiger partial charge is 0.0701 e. The van der Waals surface area contributed by atoms with E-state index in [1.807, 2.05) is 14.1 Å². The zero-order valence-electron chi connectivity index (χ0n) is 19.4. The zero-order chi connectivity index (χ0) is 23.0. The lowest BCUT2D eigenvalue weighted by Gasteiger charge is -2.25. The quantitative estimate of drug-likeness (QED) is 0.361. The third kappa shape index (κ3) is 9.97. The van der Waals surface area contributed by atoms with Crippen molar-refractivity contribution in [2.24, 2.45) is 0 Å². The van der Waals surface area contributed by atoms with Crippen molar-refractivity contribution in [1.29, 1.82) is 0 Å². The van der Waals surface area contributed by atoms with Crippen molar-refractivity contribution < 1.29 is 24.4 Å². The van der Waals surface area contributed by atoms with E-state index in [0.29, 0.717) is 39.6 Å². The molecular weight excluding hydrogens is 408 g/mol. The first-order valence-electron chi connectivity index (χ1n) is 11.2. The number of benzene rings is 2. The highest BCUT2D eigenvalue weighted by Gasteiger charge is 2.08. The molecule has 0 aliphatic rings. The van der Waals surface area contributed by atoms with E-state index < -0.39 is 0 Å². The summed E-state index contributed by atoms with van der Waals surface area (Å²) < 4.78 is 16.3. The Bertz CT molecular complexity index is 722. The highest BCUT2D eigenvalue weighted by Crippen LogP contribution is 2.19. The van der Waals surface area contributed by atoms with Crippen molar-refractivity contribution in [3.63, 3.8) is 0 Å². The van der Waals surface area contributed by atoms with Crippen LogP contribution in [0.15, 0.2) is 48.5 Å². The standard InChI is InChI=1S/C25H38N2O5/c1-26(2)24-7-3-22(4-8-24)21-23-5-9-25(10-6-23)27(11-15-30-17-13-28)12-16-31-19-20-32-18-14-29/h3-10,28-29H,11-21H2,1-2H3. The van der Waals surface area contributed by atoms with Crippen molar-refractivity contribution in [2.75, 3.05) is 89.8 Å². The molecular formula is C25H38N2O5. The molecule has 0 bridgehead atoms. The van der Waals surface area contributed by atoms with Crippen molar-refractivity contribution in [1.82, 2.24) is 0 Å². The molecule has 0 unspecified atom stereocenters. The van der Waals surface area contributed by atoms with Crippen molar-refractivity contribution in [2.45, 2.75) is 6.42 Å². The Hall–Kier alpha value is -2.16. The number of rotatable bonds is 17. The average Bonchev–Trinajstić information content (AvgIpc) is 2.81. The topological polar surface area (TPSA) is 74.6 Å². The summed E-state index contributed by atoms with van der Waals surface area (Å²) >= 11 is 0. The van der Waals surface area contributed by atoms with E-state index in [1.165, 1.54) is 16.8 Å². The Labute approximate surface area is 192 Å². The van der Waals surface area contributed by atoms with Gasteiger partial charge in [-0.2, -0.15) is 0 Å². The number of ether oxygens (including phenoxy) is 3. The lowest BCUT2D eigenvalue weighted by Crippen LogP contribution is -2.31. The lowest BCUT2D eigenvalue weighted by atomic mass is 10.0. The fourth-order valence-electron chi connectivity index (χ4n) is 3.24. The van der Waals surface area contributed by atoms with E-state index in [1.54, 1.807) is 0 Å². The Morgan fingerprint density at radius 1 is 0.594 bits per heavy atom. The van der Waals surface area contributed by atoms with E-state index in [2.05, 4.69) is 58.3 Å². The predicted molar refractivity (Wildman–Crippen MR) is 129 cm³/mol. The summed E-state index contributed by atoms with van der Waals surface area (Å²) in [6.07, 6.45) is 0.893. The fraction of sp³-hybridized carbons (Fsp3) is 0.520. The molecule has 2 aromatic carbocycles. The second-order valence-electron chi connectivity index (χ2n) is 7.68. The molecule has 0 atom stereocenters. The van der Waals surface area contributed by atoms with Gasteiger partial charge in [-0.15, -0.1) is 0 Å². The van der Waals surface area contributed by atoms with Crippen LogP contribution in [0, 0.1) is 0 Å². The molecule has 7 heteroatoms. The number of nitrogens with zero attached hydrogens (tertiary/aromatic N) is 2. The Morgan fingerprint density at radius 3 is 1.50 bits per heavy atom. The maximum Gasteiger partial charge on any atom is 0.0701 e. The van der Waals surface area contributed by atoms with Crippen molar-refractivity contribution in [3.8, 4) is 0 Å². The second-order valence-corrected chi connectivity index (χ2v) is 7.68. The summed E-state index contributed by atoms with van der Waals surface area (Å²) in [4.78, 5) is 4.32. The van der Waals surface area contributed by atoms with Gasteiger partial charge in [-0.25, -0.2) is 0 Å². The molecule has 7 nitrogen and oxygen atoms in total. The number of hydrogen-bond acceptors (Lipinski definition) is 7. The fourth-order valence-corrected chi connectivity index (χ4v) is 3.24. The van der Waals surface area contributed by atoms with Gasteiger partial charge >= 0.3 is 0 Å². The summed E-state index contributed by atoms with van der Waals surface area (Å²) in [5.74, 6) is 0. The van der Waals surface area contributed by atoms with Crippen LogP contribution in [0.1, 0.15) is 11.1 Å². The Morgan fingerprint density at radius 2 is 1.03 bits per heavy atom. The third-order valence-electron chi connectivity index (χ3n) is 5.02. The number of aliphatic hydroxyl groups is 2. The van der Waals surface area contributed by atoms with Gasteiger partial charge in [0.15, 0.2) is 0 Å². The summed E-state index contributed by atoms with van der Waals surface area (Å²) in [5.41, 5.74) is 4.87. The van der Waals surface area contributed by atoms with Crippen LogP contribution in [0.5, 0.6) is 0 Å². The van der Waals surface area contributed by atoms with E-state index in [-0.39, 0.29) is 13.2 Å². The normalized spacial score (nSPS) is 11.0. The minimum absolute atomic E-state index is 0.0268. The first-order chi connectivity index (χ1) is 15.6. The summed E-state index contributed by atoms with van der Waals surface area (Å²) in [7, 11) is 4.09. The molecule has 0 aliphatic carbocycles. The Kier molecular flexibility index (Phi) is 12.7. The molecule has 0 amide bonds. The molecule has 2 aromatic rings. The molecule has 0 aromatic heterocycles. The van der Waals surface area contributed by atoms with Gasteiger partial charge in [-0.1, -0.05) is 24.3 Å². The molecule has 178 valence electrons. The maximum atomic E-state index is 8.92. The van der Waals surface area contributed by atoms with Crippen molar-refractivity contribution >= 4 is 11.4 Å². The first kappa shape index (κ1) is 26.1. The van der Waals surface area contributed by atoms with Crippen LogP contribution in [-0.4, -0.2) is 90.3 Å². The summed E-state index contributed by atoms with van der Waals surface area (Å²) in [5, 5.41) is 17.6. The van der Waals surface area contributed by atoms with Gasteiger partial charge < -0.3 is 34.2 Å². The maximum absolute atomic E-state index is 8.92. The van der Waals surface area contributed by atoms with Gasteiger partial charge in [0.05, 0.1) is 52.9 Å². The van der Waals surface area contributed by atoms with E-state index in [0.717, 1.165) is 25.2 Å². The van der Waals surface area contributed by atoms with Crippen LogP contribution in [0.25, 0.3) is 0 Å². The molecule has 32 heavy (non-hydrogen) atoms. The van der Waals surface area contributed by atoms with Crippen LogP contribution in [-0.2, 0) is 20.6 Å². The van der Waals surface area contributed by atoms with Gasteiger partial charge in [0, 0.05) is 38.6 Å². The number of anilines is 2. The molecule has 0 heterocycles. The van der Waals surface area contributed by atoms with Gasteiger partial charge in [-0.05, 0) is 41.8 Å². The van der Waals surface area contributed by atoms with E-state index in [9.17, 15) is 0 Å². The van der Waals surface area contributed by atoms with Crippen LogP contribution >= 0.6 is 0 Å².